The Kier molecular flexibility index (Phi) is 8.23. The van der Waals surface area contributed by atoms with Crippen LogP contribution in [0, 0.1) is 25.5 Å². The number of allylic oxidation sites excluding steroid dienone is 1. The van der Waals surface area contributed by atoms with Crippen LogP contribution in [0.5, 0.6) is 0 Å². The normalized spacial score (nSPS) is 11.5. The van der Waals surface area contributed by atoms with Crippen LogP contribution in [0.4, 0.5) is 8.78 Å². The standard InChI is InChI=1S/C27H26F2O2S/c1-18-6-7-20(13-19(18)2)14-22(23-15-24(28)17-25(29)16-23)5-4-12-32-26-10-8-21(9-11-26)27(30)31-3/h6-11,13-17H,4-5,12H2,1-3H3/b22-14-. The van der Waals surface area contributed by atoms with E-state index in [2.05, 4.69) is 26.0 Å². The van der Waals surface area contributed by atoms with Gasteiger partial charge in [0.05, 0.1) is 12.7 Å². The highest BCUT2D eigenvalue weighted by atomic mass is 32.2. The Labute approximate surface area is 192 Å². The number of hydrogen-bond donors (Lipinski definition) is 0. The van der Waals surface area contributed by atoms with Gasteiger partial charge < -0.3 is 4.74 Å². The lowest BCUT2D eigenvalue weighted by molar-refractivity contribution is 0.0600. The summed E-state index contributed by atoms with van der Waals surface area (Å²) in [6.45, 7) is 4.11. The van der Waals surface area contributed by atoms with E-state index >= 15 is 0 Å². The third-order valence-corrected chi connectivity index (χ3v) is 6.34. The van der Waals surface area contributed by atoms with E-state index in [0.717, 1.165) is 34.3 Å². The fraction of sp³-hybridized carbons (Fsp3) is 0.222. The fourth-order valence-corrected chi connectivity index (χ4v) is 4.21. The number of methoxy groups -OCH3 is 1. The molecule has 0 N–H and O–H groups in total. The van der Waals surface area contributed by atoms with Crippen LogP contribution in [0.2, 0.25) is 0 Å². The van der Waals surface area contributed by atoms with E-state index in [1.165, 1.54) is 30.4 Å². The minimum atomic E-state index is -0.578. The molecule has 3 rings (SSSR count). The second-order valence-corrected chi connectivity index (χ2v) is 8.81. The molecule has 0 aliphatic heterocycles. The lowest BCUT2D eigenvalue weighted by atomic mass is 9.97. The summed E-state index contributed by atoms with van der Waals surface area (Å²) in [5, 5.41) is 0. The van der Waals surface area contributed by atoms with Gasteiger partial charge in [-0.2, -0.15) is 0 Å². The van der Waals surface area contributed by atoms with E-state index < -0.39 is 11.6 Å². The summed E-state index contributed by atoms with van der Waals surface area (Å²) in [5.74, 6) is -0.679. The first-order valence-electron chi connectivity index (χ1n) is 10.4. The maximum absolute atomic E-state index is 13.9. The van der Waals surface area contributed by atoms with E-state index in [4.69, 9.17) is 4.74 Å². The summed E-state index contributed by atoms with van der Waals surface area (Å²) in [5.41, 5.74) is 5.37. The summed E-state index contributed by atoms with van der Waals surface area (Å²) >= 11 is 1.68. The molecule has 0 fully saturated rings. The molecule has 5 heteroatoms. The second-order valence-electron chi connectivity index (χ2n) is 7.64. The molecular formula is C27H26F2O2S. The summed E-state index contributed by atoms with van der Waals surface area (Å²) in [6.07, 6.45) is 3.53. The van der Waals surface area contributed by atoms with Crippen molar-refractivity contribution < 1.29 is 18.3 Å². The molecule has 166 valence electrons. The second kappa shape index (κ2) is 11.1. The highest BCUT2D eigenvalue weighted by molar-refractivity contribution is 7.99. The molecule has 0 aromatic heterocycles. The smallest absolute Gasteiger partial charge is 0.337 e. The van der Waals surface area contributed by atoms with Gasteiger partial charge in [-0.25, -0.2) is 13.6 Å². The van der Waals surface area contributed by atoms with Crippen molar-refractivity contribution in [1.82, 2.24) is 0 Å². The average molecular weight is 453 g/mol. The molecule has 0 saturated heterocycles. The molecule has 0 heterocycles. The number of carbonyl (C=O) groups excluding carboxylic acids is 1. The highest BCUT2D eigenvalue weighted by Gasteiger charge is 2.09. The van der Waals surface area contributed by atoms with Gasteiger partial charge >= 0.3 is 5.97 Å². The summed E-state index contributed by atoms with van der Waals surface area (Å²) in [4.78, 5) is 12.6. The molecule has 32 heavy (non-hydrogen) atoms. The Balaban J connectivity index is 1.72. The van der Waals surface area contributed by atoms with Gasteiger partial charge in [-0.15, -0.1) is 11.8 Å². The number of aryl methyl sites for hydroxylation is 2. The number of thioether (sulfide) groups is 1. The molecule has 0 atom stereocenters. The van der Waals surface area contributed by atoms with E-state index in [-0.39, 0.29) is 5.97 Å². The molecule has 0 aliphatic carbocycles. The van der Waals surface area contributed by atoms with Crippen LogP contribution in [-0.2, 0) is 4.74 Å². The number of halogens is 2. The Morgan fingerprint density at radius 2 is 1.59 bits per heavy atom. The Morgan fingerprint density at radius 3 is 2.22 bits per heavy atom. The first-order valence-corrected chi connectivity index (χ1v) is 11.4. The number of ether oxygens (including phenoxy) is 1. The van der Waals surface area contributed by atoms with Gasteiger partial charge in [0.2, 0.25) is 0 Å². The van der Waals surface area contributed by atoms with Crippen LogP contribution in [-0.4, -0.2) is 18.8 Å². The Morgan fingerprint density at radius 1 is 0.906 bits per heavy atom. The number of benzene rings is 3. The van der Waals surface area contributed by atoms with Crippen molar-refractivity contribution in [2.45, 2.75) is 31.6 Å². The van der Waals surface area contributed by atoms with Crippen LogP contribution < -0.4 is 0 Å². The van der Waals surface area contributed by atoms with Crippen molar-refractivity contribution in [1.29, 1.82) is 0 Å². The number of rotatable bonds is 8. The lowest BCUT2D eigenvalue weighted by Crippen LogP contribution is -2.00. The van der Waals surface area contributed by atoms with Crippen LogP contribution in [0.3, 0.4) is 0 Å². The largest absolute Gasteiger partial charge is 0.465 e. The van der Waals surface area contributed by atoms with Crippen LogP contribution >= 0.6 is 11.8 Å². The van der Waals surface area contributed by atoms with E-state index in [0.29, 0.717) is 17.5 Å². The molecule has 3 aromatic rings. The fourth-order valence-electron chi connectivity index (χ4n) is 3.35. The van der Waals surface area contributed by atoms with Crippen LogP contribution in [0.25, 0.3) is 11.6 Å². The highest BCUT2D eigenvalue weighted by Crippen LogP contribution is 2.28. The predicted octanol–water partition coefficient (Wildman–Crippen LogP) is 7.48. The molecule has 0 bridgehead atoms. The van der Waals surface area contributed by atoms with E-state index in [9.17, 15) is 13.6 Å². The summed E-state index contributed by atoms with van der Waals surface area (Å²) < 4.78 is 32.4. The Hall–Kier alpha value is -2.92. The zero-order valence-corrected chi connectivity index (χ0v) is 19.3. The first-order chi connectivity index (χ1) is 15.4. The molecule has 2 nitrogen and oxygen atoms in total. The molecule has 0 saturated carbocycles. The van der Waals surface area contributed by atoms with Crippen LogP contribution in [0.15, 0.2) is 65.6 Å². The zero-order chi connectivity index (χ0) is 23.1. The predicted molar refractivity (Wildman–Crippen MR) is 128 cm³/mol. The molecule has 0 aliphatic rings. The van der Waals surface area contributed by atoms with Crippen LogP contribution in [0.1, 0.15) is 45.5 Å². The monoisotopic (exact) mass is 452 g/mol. The number of esters is 1. The van der Waals surface area contributed by atoms with Gasteiger partial charge in [-0.3, -0.25) is 0 Å². The average Bonchev–Trinajstić information content (AvgIpc) is 2.77. The van der Waals surface area contributed by atoms with E-state index in [1.54, 1.807) is 23.9 Å². The molecule has 0 amide bonds. The minimum Gasteiger partial charge on any atom is -0.465 e. The molecule has 0 radical (unpaired) electrons. The maximum Gasteiger partial charge on any atom is 0.337 e. The maximum atomic E-state index is 13.9. The number of carbonyl (C=O) groups is 1. The van der Waals surface area contributed by atoms with Crippen molar-refractivity contribution in [3.8, 4) is 0 Å². The molecular weight excluding hydrogens is 426 g/mol. The summed E-state index contributed by atoms with van der Waals surface area (Å²) in [6, 6.07) is 17.1. The van der Waals surface area contributed by atoms with Gasteiger partial charge in [-0.1, -0.05) is 24.3 Å². The van der Waals surface area contributed by atoms with E-state index in [1.807, 2.05) is 24.3 Å². The number of hydrogen-bond acceptors (Lipinski definition) is 3. The minimum absolute atomic E-state index is 0.356. The molecule has 0 unspecified atom stereocenters. The van der Waals surface area contributed by atoms with Gasteiger partial charge in [0.1, 0.15) is 11.6 Å². The Bertz CT molecular complexity index is 1100. The third kappa shape index (κ3) is 6.54. The third-order valence-electron chi connectivity index (χ3n) is 5.24. The zero-order valence-electron chi connectivity index (χ0n) is 18.5. The van der Waals surface area contributed by atoms with Crippen molar-refractivity contribution in [3.63, 3.8) is 0 Å². The van der Waals surface area contributed by atoms with Crippen molar-refractivity contribution in [3.05, 3.63) is 100 Å². The lowest BCUT2D eigenvalue weighted by Gasteiger charge is -2.11. The summed E-state index contributed by atoms with van der Waals surface area (Å²) in [7, 11) is 1.36. The van der Waals surface area contributed by atoms with Gasteiger partial charge in [0.15, 0.2) is 0 Å². The SMILES string of the molecule is COC(=O)c1ccc(SCCC/C(=C/c2ccc(C)c(C)c2)c2cc(F)cc(F)c2)cc1. The molecule has 3 aromatic carbocycles. The van der Waals surface area contributed by atoms with Gasteiger partial charge in [0, 0.05) is 11.0 Å². The van der Waals surface area contributed by atoms with Crippen molar-refractivity contribution >= 4 is 29.4 Å². The quantitative estimate of drug-likeness (QED) is 0.153. The molecule has 0 spiro atoms. The van der Waals surface area contributed by atoms with Gasteiger partial charge in [-0.05, 0) is 96.7 Å². The van der Waals surface area contributed by atoms with Gasteiger partial charge in [0.25, 0.3) is 0 Å². The topological polar surface area (TPSA) is 26.3 Å². The first kappa shape index (κ1) is 23.7. The van der Waals surface area contributed by atoms with Crippen molar-refractivity contribution in [2.24, 2.45) is 0 Å². The van der Waals surface area contributed by atoms with Crippen molar-refractivity contribution in [2.75, 3.05) is 12.9 Å².